The molecule has 0 aromatic carbocycles. The van der Waals surface area contributed by atoms with Crippen molar-refractivity contribution in [1.82, 2.24) is 10.2 Å². The smallest absolute Gasteiger partial charge is 0.353 e. The van der Waals surface area contributed by atoms with Crippen LogP contribution in [-0.2, 0) is 9.59 Å². The zero-order valence-electron chi connectivity index (χ0n) is 11.3. The summed E-state index contributed by atoms with van der Waals surface area (Å²) in [6.07, 6.45) is -0.357. The van der Waals surface area contributed by atoms with Gasteiger partial charge in [0.15, 0.2) is 0 Å². The molecular weight excluding hydrogens is 316 g/mol. The highest BCUT2D eigenvalue weighted by atomic mass is 32.2. The number of aliphatic carboxylic acids is 1. The van der Waals surface area contributed by atoms with Gasteiger partial charge in [-0.15, -0.1) is 11.8 Å². The lowest BCUT2D eigenvalue weighted by atomic mass is 9.83. The molecule has 3 atom stereocenters. The number of thioether (sulfide) groups is 1. The van der Waals surface area contributed by atoms with Gasteiger partial charge in [0.1, 0.15) is 5.70 Å². The Labute approximate surface area is 131 Å². The van der Waals surface area contributed by atoms with Gasteiger partial charge in [-0.05, 0) is 6.92 Å². The minimum Gasteiger partial charge on any atom is -0.477 e. The van der Waals surface area contributed by atoms with Crippen molar-refractivity contribution in [3.05, 3.63) is 10.6 Å². The second-order valence-corrected chi connectivity index (χ2v) is 6.50. The predicted molar refractivity (Wildman–Crippen MR) is 79.9 cm³/mol. The second-order valence-electron chi connectivity index (χ2n) is 4.90. The highest BCUT2D eigenvalue weighted by molar-refractivity contribution is 8.03. The van der Waals surface area contributed by atoms with Crippen LogP contribution in [0.3, 0.4) is 0 Å². The van der Waals surface area contributed by atoms with Crippen LogP contribution in [0.15, 0.2) is 10.6 Å². The van der Waals surface area contributed by atoms with Gasteiger partial charge >= 0.3 is 5.97 Å². The van der Waals surface area contributed by atoms with Gasteiger partial charge in [0.25, 0.3) is 5.24 Å². The summed E-state index contributed by atoms with van der Waals surface area (Å²) in [5.41, 5.74) is 0.00380. The lowest BCUT2D eigenvalue weighted by Crippen LogP contribution is -2.61. The summed E-state index contributed by atoms with van der Waals surface area (Å²) >= 11 is 4.87. The second kappa shape index (κ2) is 6.29. The molecule has 2 aliphatic rings. The average molecular weight is 332 g/mol. The van der Waals surface area contributed by atoms with E-state index < -0.39 is 23.2 Å². The Morgan fingerprint density at radius 1 is 1.57 bits per heavy atom. The quantitative estimate of drug-likeness (QED) is 0.316. The Bertz CT molecular complexity index is 520. The molecule has 0 aromatic rings. The van der Waals surface area contributed by atoms with Gasteiger partial charge in [-0.3, -0.25) is 9.59 Å². The minimum atomic E-state index is -1.14. The van der Waals surface area contributed by atoms with E-state index in [0.29, 0.717) is 23.6 Å². The van der Waals surface area contributed by atoms with E-state index in [0.717, 1.165) is 0 Å². The first-order valence-corrected chi connectivity index (χ1v) is 7.85. The Balaban J connectivity index is 2.04. The molecule has 0 radical (unpaired) electrons. The topological polar surface area (TPSA) is 107 Å². The van der Waals surface area contributed by atoms with Crippen molar-refractivity contribution in [3.63, 3.8) is 0 Å². The number of hydrogen-bond donors (Lipinski definition) is 4. The van der Waals surface area contributed by atoms with E-state index in [-0.39, 0.29) is 17.6 Å². The van der Waals surface area contributed by atoms with Gasteiger partial charge < -0.3 is 20.4 Å². The number of hydrogen-bond acceptors (Lipinski definition) is 5. The van der Waals surface area contributed by atoms with E-state index in [1.807, 2.05) is 0 Å². The molecule has 0 unspecified atom stereocenters. The fraction of sp³-hybridized carbons (Fsp3) is 0.583. The molecule has 2 heterocycles. The van der Waals surface area contributed by atoms with Crippen LogP contribution in [0, 0.1) is 5.92 Å². The first-order valence-electron chi connectivity index (χ1n) is 6.41. The van der Waals surface area contributed by atoms with Crippen molar-refractivity contribution in [1.29, 1.82) is 0 Å². The van der Waals surface area contributed by atoms with Crippen molar-refractivity contribution in [2.75, 3.05) is 12.3 Å². The molecule has 0 aliphatic carbocycles. The molecule has 2 amide bonds. The maximum absolute atomic E-state index is 12.0. The van der Waals surface area contributed by atoms with E-state index in [1.54, 1.807) is 0 Å². The van der Waals surface area contributed by atoms with Gasteiger partial charge in [0, 0.05) is 23.6 Å². The maximum atomic E-state index is 12.0. The summed E-state index contributed by atoms with van der Waals surface area (Å²) in [5, 5.41) is 20.9. The molecule has 0 aromatic heterocycles. The number of thiol groups is 1. The molecule has 7 nitrogen and oxygen atoms in total. The molecule has 0 bridgehead atoms. The van der Waals surface area contributed by atoms with Crippen molar-refractivity contribution in [3.8, 4) is 0 Å². The number of aliphatic hydroxyl groups is 1. The Morgan fingerprint density at radius 3 is 2.76 bits per heavy atom. The van der Waals surface area contributed by atoms with Crippen LogP contribution in [0.5, 0.6) is 0 Å². The summed E-state index contributed by atoms with van der Waals surface area (Å²) in [6, 6.07) is -0.273. The summed E-state index contributed by atoms with van der Waals surface area (Å²) in [6.45, 7) is 1.90. The summed E-state index contributed by atoms with van der Waals surface area (Å²) in [5.74, 6) is -1.52. The third kappa shape index (κ3) is 3.04. The first-order chi connectivity index (χ1) is 9.84. The zero-order chi connectivity index (χ0) is 15.7. The lowest BCUT2D eigenvalue weighted by molar-refractivity contribution is -0.161. The van der Waals surface area contributed by atoms with Crippen molar-refractivity contribution < 1.29 is 24.6 Å². The standard InChI is InChI=1S/C12H16N2O5S2/c1-5(15)8-6-4-7(21-3-2-13-12(19)20)9(11(17)18)14(6)10(8)16/h5-6,8,15H,2-4H2,1H3,(H,17,18)(H2,13,19,20)/t5-,6-,8-/m1/s1. The fourth-order valence-electron chi connectivity index (χ4n) is 2.69. The number of carbonyl (C=O) groups is 3. The maximum Gasteiger partial charge on any atom is 0.353 e. The van der Waals surface area contributed by atoms with Crippen LogP contribution in [0.4, 0.5) is 4.79 Å². The minimum absolute atomic E-state index is 0.00380. The molecule has 116 valence electrons. The molecule has 0 spiro atoms. The summed E-state index contributed by atoms with van der Waals surface area (Å²) in [4.78, 5) is 35.8. The Morgan fingerprint density at radius 2 is 2.24 bits per heavy atom. The number of carboxylic acids is 1. The fourth-order valence-corrected chi connectivity index (χ4v) is 3.87. The SMILES string of the molecule is C[C@@H](O)[C@H]1C(=O)N2C(C(=O)O)=C(SCCNC(=O)S)C[C@H]12. The van der Waals surface area contributed by atoms with Crippen LogP contribution >= 0.6 is 24.4 Å². The van der Waals surface area contributed by atoms with Gasteiger partial charge in [-0.25, -0.2) is 4.79 Å². The normalized spacial score (nSPS) is 25.5. The molecule has 0 saturated carbocycles. The average Bonchev–Trinajstić information content (AvgIpc) is 2.68. The van der Waals surface area contributed by atoms with E-state index in [1.165, 1.54) is 23.6 Å². The summed E-state index contributed by atoms with van der Waals surface area (Å²) < 4.78 is 0. The molecule has 9 heteroatoms. The van der Waals surface area contributed by atoms with Crippen LogP contribution < -0.4 is 5.32 Å². The zero-order valence-corrected chi connectivity index (χ0v) is 13.0. The number of nitrogens with zero attached hydrogens (tertiary/aromatic N) is 1. The molecular formula is C12H16N2O5S2. The number of rotatable bonds is 6. The van der Waals surface area contributed by atoms with Gasteiger partial charge in [0.05, 0.1) is 18.1 Å². The first kappa shape index (κ1) is 16.2. The van der Waals surface area contributed by atoms with E-state index in [9.17, 15) is 24.6 Å². The third-order valence-corrected chi connectivity index (χ3v) is 4.82. The summed E-state index contributed by atoms with van der Waals surface area (Å²) in [7, 11) is 0. The highest BCUT2D eigenvalue weighted by Crippen LogP contribution is 2.46. The number of β-lactam (4-membered cyclic amide) rings is 1. The molecule has 21 heavy (non-hydrogen) atoms. The van der Waals surface area contributed by atoms with Crippen LogP contribution in [0.25, 0.3) is 0 Å². The van der Waals surface area contributed by atoms with Crippen LogP contribution in [-0.4, -0.2) is 56.7 Å². The molecule has 1 saturated heterocycles. The van der Waals surface area contributed by atoms with Crippen LogP contribution in [0.2, 0.25) is 0 Å². The molecule has 1 fully saturated rings. The number of nitrogens with one attached hydrogen (secondary N) is 1. The van der Waals surface area contributed by atoms with Crippen molar-refractivity contribution >= 4 is 41.5 Å². The van der Waals surface area contributed by atoms with Crippen LogP contribution in [0.1, 0.15) is 13.3 Å². The predicted octanol–water partition coefficient (Wildman–Crippen LogP) is 0.267. The number of carbonyl (C=O) groups excluding carboxylic acids is 2. The van der Waals surface area contributed by atoms with E-state index >= 15 is 0 Å². The highest BCUT2D eigenvalue weighted by Gasteiger charge is 2.56. The van der Waals surface area contributed by atoms with Crippen molar-refractivity contribution in [2.45, 2.75) is 25.5 Å². The van der Waals surface area contributed by atoms with Crippen molar-refractivity contribution in [2.24, 2.45) is 5.92 Å². The van der Waals surface area contributed by atoms with Gasteiger partial charge in [0.2, 0.25) is 5.91 Å². The number of carboxylic acid groups (broad SMARTS) is 1. The molecule has 3 N–H and O–H groups in total. The molecule has 2 rings (SSSR count). The molecule has 2 aliphatic heterocycles. The number of amides is 2. The van der Waals surface area contributed by atoms with Gasteiger partial charge in [-0.1, -0.05) is 12.6 Å². The van der Waals surface area contributed by atoms with E-state index in [2.05, 4.69) is 17.9 Å². The Hall–Kier alpha value is -1.19. The number of aliphatic hydroxyl groups excluding tert-OH is 1. The Kier molecular flexibility index (Phi) is 4.84. The number of fused-ring (bicyclic) bond motifs is 1. The lowest BCUT2D eigenvalue weighted by Gasteiger charge is -2.44. The largest absolute Gasteiger partial charge is 0.477 e. The monoisotopic (exact) mass is 332 g/mol. The van der Waals surface area contributed by atoms with Gasteiger partial charge in [-0.2, -0.15) is 0 Å². The third-order valence-electron chi connectivity index (χ3n) is 3.55. The van der Waals surface area contributed by atoms with E-state index in [4.69, 9.17) is 0 Å².